The predicted octanol–water partition coefficient (Wildman–Crippen LogP) is 0.304. The Bertz CT molecular complexity index is 259. The zero-order chi connectivity index (χ0) is 9.52. The summed E-state index contributed by atoms with van der Waals surface area (Å²) in [6.07, 6.45) is 0.854. The largest absolute Gasteiger partial charge is 0.355 e. The highest BCUT2D eigenvalue weighted by molar-refractivity contribution is 5.77. The highest BCUT2D eigenvalue weighted by atomic mass is 16.1. The molecule has 13 heavy (non-hydrogen) atoms. The van der Waals surface area contributed by atoms with Crippen molar-refractivity contribution in [2.45, 2.75) is 6.42 Å². The first kappa shape index (κ1) is 9.74. The molecule has 0 bridgehead atoms. The summed E-state index contributed by atoms with van der Waals surface area (Å²) in [7, 11) is 0. The summed E-state index contributed by atoms with van der Waals surface area (Å²) in [4.78, 5) is 10.8. The monoisotopic (exact) mass is 178 g/mol. The van der Waals surface area contributed by atoms with Crippen molar-refractivity contribution >= 4 is 5.91 Å². The number of carbonyl (C=O) groups is 1. The van der Waals surface area contributed by atoms with Gasteiger partial charge in [-0.2, -0.15) is 0 Å². The van der Waals surface area contributed by atoms with Gasteiger partial charge >= 0.3 is 0 Å². The van der Waals surface area contributed by atoms with Crippen molar-refractivity contribution in [1.82, 2.24) is 5.32 Å². The summed E-state index contributed by atoms with van der Waals surface area (Å²) in [5, 5.41) is 2.72. The number of nitrogens with one attached hydrogen (secondary N) is 1. The zero-order valence-electron chi connectivity index (χ0n) is 7.49. The fourth-order valence-electron chi connectivity index (χ4n) is 1.06. The van der Waals surface area contributed by atoms with Gasteiger partial charge in [-0.3, -0.25) is 4.79 Å². The van der Waals surface area contributed by atoms with Crippen LogP contribution in [0, 0.1) is 0 Å². The van der Waals surface area contributed by atoms with Crippen molar-refractivity contribution in [2.24, 2.45) is 5.73 Å². The van der Waals surface area contributed by atoms with Crippen LogP contribution in [0.1, 0.15) is 5.56 Å². The number of amides is 1. The van der Waals surface area contributed by atoms with E-state index in [1.165, 1.54) is 5.56 Å². The first-order chi connectivity index (χ1) is 6.33. The van der Waals surface area contributed by atoms with E-state index in [1.54, 1.807) is 0 Å². The Morgan fingerprint density at radius 1 is 1.31 bits per heavy atom. The third kappa shape index (κ3) is 3.71. The van der Waals surface area contributed by atoms with E-state index in [0.717, 1.165) is 6.42 Å². The van der Waals surface area contributed by atoms with Gasteiger partial charge in [0.2, 0.25) is 5.91 Å². The van der Waals surface area contributed by atoms with E-state index >= 15 is 0 Å². The van der Waals surface area contributed by atoms with Crippen LogP contribution in [0.25, 0.3) is 0 Å². The van der Waals surface area contributed by atoms with Crippen molar-refractivity contribution in [3.63, 3.8) is 0 Å². The van der Waals surface area contributed by atoms with Crippen molar-refractivity contribution in [3.8, 4) is 0 Å². The normalized spacial score (nSPS) is 9.62. The summed E-state index contributed by atoms with van der Waals surface area (Å²) >= 11 is 0. The van der Waals surface area contributed by atoms with E-state index in [9.17, 15) is 4.79 Å². The molecule has 0 spiro atoms. The van der Waals surface area contributed by atoms with Crippen molar-refractivity contribution in [3.05, 3.63) is 35.9 Å². The molecule has 0 saturated carbocycles. The summed E-state index contributed by atoms with van der Waals surface area (Å²) in [5.41, 5.74) is 6.36. The van der Waals surface area contributed by atoms with Crippen LogP contribution in [-0.4, -0.2) is 19.0 Å². The highest BCUT2D eigenvalue weighted by Gasteiger charge is 1.95. The Kier molecular flexibility index (Phi) is 3.99. The van der Waals surface area contributed by atoms with Gasteiger partial charge in [0.15, 0.2) is 0 Å². The van der Waals surface area contributed by atoms with Crippen LogP contribution in [-0.2, 0) is 11.2 Å². The van der Waals surface area contributed by atoms with Crippen LogP contribution < -0.4 is 11.1 Å². The predicted molar refractivity (Wildman–Crippen MR) is 52.2 cm³/mol. The maximum atomic E-state index is 10.8. The Morgan fingerprint density at radius 3 is 2.62 bits per heavy atom. The van der Waals surface area contributed by atoms with E-state index in [0.29, 0.717) is 6.54 Å². The highest BCUT2D eigenvalue weighted by Crippen LogP contribution is 1.97. The summed E-state index contributed by atoms with van der Waals surface area (Å²) in [6.45, 7) is 0.717. The molecule has 0 aliphatic rings. The average Bonchev–Trinajstić information content (AvgIpc) is 2.19. The van der Waals surface area contributed by atoms with Crippen molar-refractivity contribution < 1.29 is 4.79 Å². The number of nitrogens with two attached hydrogens (primary N) is 1. The molecule has 3 nitrogen and oxygen atoms in total. The molecule has 0 aromatic heterocycles. The summed E-state index contributed by atoms with van der Waals surface area (Å²) in [5.74, 6) is -0.101. The molecule has 0 heterocycles. The lowest BCUT2D eigenvalue weighted by molar-refractivity contribution is -0.119. The topological polar surface area (TPSA) is 55.1 Å². The molecule has 0 atom stereocenters. The molecule has 0 aliphatic heterocycles. The maximum absolute atomic E-state index is 10.8. The number of rotatable bonds is 4. The molecule has 1 aromatic carbocycles. The Labute approximate surface area is 77.9 Å². The number of benzene rings is 1. The maximum Gasteiger partial charge on any atom is 0.233 e. The minimum atomic E-state index is -0.101. The van der Waals surface area contributed by atoms with Gasteiger partial charge in [-0.1, -0.05) is 30.3 Å². The number of hydrogen-bond acceptors (Lipinski definition) is 2. The molecule has 1 rings (SSSR count). The van der Waals surface area contributed by atoms with Crippen LogP contribution in [0.3, 0.4) is 0 Å². The quantitative estimate of drug-likeness (QED) is 0.697. The molecule has 0 fully saturated rings. The minimum absolute atomic E-state index is 0.0643. The first-order valence-electron chi connectivity index (χ1n) is 4.33. The molecule has 1 amide bonds. The molecule has 0 radical (unpaired) electrons. The van der Waals surface area contributed by atoms with Crippen LogP contribution in [0.5, 0.6) is 0 Å². The Hall–Kier alpha value is -1.35. The van der Waals surface area contributed by atoms with Gasteiger partial charge in [0.25, 0.3) is 0 Å². The third-order valence-corrected chi connectivity index (χ3v) is 1.76. The molecule has 0 saturated heterocycles. The molecule has 0 aliphatic carbocycles. The standard InChI is InChI=1S/C10H14N2O/c11-8-10(13)12-7-6-9-4-2-1-3-5-9/h1-5H,6-8,11H2,(H,12,13). The van der Waals surface area contributed by atoms with Gasteiger partial charge in [0.1, 0.15) is 0 Å². The van der Waals surface area contributed by atoms with Gasteiger partial charge in [0.05, 0.1) is 6.54 Å². The summed E-state index contributed by atoms with van der Waals surface area (Å²) < 4.78 is 0. The lowest BCUT2D eigenvalue weighted by atomic mass is 10.1. The molecular weight excluding hydrogens is 164 g/mol. The second kappa shape index (κ2) is 5.32. The second-order valence-corrected chi connectivity index (χ2v) is 2.79. The average molecular weight is 178 g/mol. The van der Waals surface area contributed by atoms with E-state index in [-0.39, 0.29) is 12.5 Å². The summed E-state index contributed by atoms with van der Waals surface area (Å²) in [6, 6.07) is 10.0. The lowest BCUT2D eigenvalue weighted by Gasteiger charge is -2.02. The van der Waals surface area contributed by atoms with Gasteiger partial charge in [0, 0.05) is 6.54 Å². The van der Waals surface area contributed by atoms with Gasteiger partial charge in [-0.15, -0.1) is 0 Å². The van der Waals surface area contributed by atoms with Gasteiger partial charge in [-0.05, 0) is 12.0 Å². The first-order valence-corrected chi connectivity index (χ1v) is 4.33. The fraction of sp³-hybridized carbons (Fsp3) is 0.300. The van der Waals surface area contributed by atoms with E-state index in [1.807, 2.05) is 30.3 Å². The minimum Gasteiger partial charge on any atom is -0.355 e. The zero-order valence-corrected chi connectivity index (χ0v) is 7.49. The smallest absolute Gasteiger partial charge is 0.233 e. The molecule has 70 valence electrons. The Balaban J connectivity index is 2.24. The van der Waals surface area contributed by atoms with Crippen LogP contribution in [0.2, 0.25) is 0 Å². The molecule has 1 aromatic rings. The third-order valence-electron chi connectivity index (χ3n) is 1.76. The number of carbonyl (C=O) groups excluding carboxylic acids is 1. The molecule has 0 unspecified atom stereocenters. The molecule has 3 N–H and O–H groups in total. The number of hydrogen-bond donors (Lipinski definition) is 2. The van der Waals surface area contributed by atoms with Crippen LogP contribution >= 0.6 is 0 Å². The SMILES string of the molecule is NCC(=O)NCCc1ccccc1. The van der Waals surface area contributed by atoms with Crippen molar-refractivity contribution in [1.29, 1.82) is 0 Å². The Morgan fingerprint density at radius 2 is 2.00 bits per heavy atom. The molecule has 3 heteroatoms. The van der Waals surface area contributed by atoms with E-state index in [2.05, 4.69) is 5.32 Å². The van der Waals surface area contributed by atoms with E-state index < -0.39 is 0 Å². The van der Waals surface area contributed by atoms with Gasteiger partial charge in [-0.25, -0.2) is 0 Å². The molecular formula is C10H14N2O. The van der Waals surface area contributed by atoms with Crippen molar-refractivity contribution in [2.75, 3.05) is 13.1 Å². The lowest BCUT2D eigenvalue weighted by Crippen LogP contribution is -2.31. The van der Waals surface area contributed by atoms with E-state index in [4.69, 9.17) is 5.73 Å². The van der Waals surface area contributed by atoms with Crippen LogP contribution in [0.4, 0.5) is 0 Å². The van der Waals surface area contributed by atoms with Gasteiger partial charge < -0.3 is 11.1 Å². The van der Waals surface area contributed by atoms with Crippen LogP contribution in [0.15, 0.2) is 30.3 Å². The second-order valence-electron chi connectivity index (χ2n) is 2.79. The fourth-order valence-corrected chi connectivity index (χ4v) is 1.06.